The van der Waals surface area contributed by atoms with Crippen molar-refractivity contribution in [2.45, 2.75) is 12.3 Å². The van der Waals surface area contributed by atoms with Crippen LogP contribution >= 0.6 is 0 Å². The summed E-state index contributed by atoms with van der Waals surface area (Å²) in [5.74, 6) is -0.335. The van der Waals surface area contributed by atoms with E-state index in [4.69, 9.17) is 5.11 Å². The molecule has 1 atom stereocenters. The molecule has 1 amide bonds. The molecule has 0 bridgehead atoms. The number of nitrogens with zero attached hydrogens (tertiary/aromatic N) is 4. The van der Waals surface area contributed by atoms with Crippen LogP contribution in [0.3, 0.4) is 0 Å². The van der Waals surface area contributed by atoms with Crippen molar-refractivity contribution in [2.24, 2.45) is 0 Å². The molecule has 0 unspecified atom stereocenters. The Morgan fingerprint density at radius 2 is 1.87 bits per heavy atom. The van der Waals surface area contributed by atoms with E-state index < -0.39 is 30.4 Å². The van der Waals surface area contributed by atoms with Gasteiger partial charge in [-0.2, -0.15) is 18.2 Å². The third-order valence-corrected chi connectivity index (χ3v) is 3.91. The number of aromatic nitrogens is 4. The zero-order chi connectivity index (χ0) is 21.7. The standard InChI is InChI=1S/C18H17F3N6O3/c19-18(20,21)11-1-4-13(5-2-11)27-10-24-17(26-27)25-12-3-6-15(22-7-12)16(30)23-8-14(29)9-28/h1-7,10,14,28-29H,8-9H2,(H,23,30)(H,25,26)/t14-/m1/s1. The highest BCUT2D eigenvalue weighted by Gasteiger charge is 2.30. The summed E-state index contributed by atoms with van der Waals surface area (Å²) < 4.78 is 39.2. The Hall–Kier alpha value is -3.51. The number of carbonyl (C=O) groups excluding carboxylic acids is 1. The van der Waals surface area contributed by atoms with E-state index in [1.165, 1.54) is 35.4 Å². The van der Waals surface area contributed by atoms with E-state index in [0.29, 0.717) is 11.4 Å². The van der Waals surface area contributed by atoms with Crippen molar-refractivity contribution in [1.82, 2.24) is 25.1 Å². The first-order chi connectivity index (χ1) is 14.3. The molecule has 0 aliphatic rings. The molecule has 9 nitrogen and oxygen atoms in total. The van der Waals surface area contributed by atoms with E-state index in [9.17, 15) is 23.1 Å². The molecule has 1 aromatic carbocycles. The lowest BCUT2D eigenvalue weighted by atomic mass is 10.2. The predicted molar refractivity (Wildman–Crippen MR) is 99.3 cm³/mol. The highest BCUT2D eigenvalue weighted by molar-refractivity contribution is 5.92. The quantitative estimate of drug-likeness (QED) is 0.455. The molecule has 4 N–H and O–H groups in total. The molecule has 0 saturated heterocycles. The molecule has 3 aromatic rings. The van der Waals surface area contributed by atoms with Crippen molar-refractivity contribution in [3.8, 4) is 5.69 Å². The van der Waals surface area contributed by atoms with Crippen LogP contribution in [0.5, 0.6) is 0 Å². The van der Waals surface area contributed by atoms with Gasteiger partial charge < -0.3 is 20.8 Å². The first-order valence-electron chi connectivity index (χ1n) is 8.66. The predicted octanol–water partition coefficient (Wildman–Crippen LogP) is 1.51. The van der Waals surface area contributed by atoms with Crippen LogP contribution in [0.15, 0.2) is 48.9 Å². The van der Waals surface area contributed by atoms with Crippen molar-refractivity contribution >= 4 is 17.5 Å². The molecule has 0 aliphatic heterocycles. The van der Waals surface area contributed by atoms with Gasteiger partial charge in [-0.15, -0.1) is 5.10 Å². The number of halogens is 3. The molecule has 2 heterocycles. The number of aliphatic hydroxyl groups is 2. The summed E-state index contributed by atoms with van der Waals surface area (Å²) in [4.78, 5) is 19.9. The number of amides is 1. The van der Waals surface area contributed by atoms with Crippen molar-refractivity contribution in [1.29, 1.82) is 0 Å². The van der Waals surface area contributed by atoms with Crippen LogP contribution in [-0.2, 0) is 6.18 Å². The monoisotopic (exact) mass is 422 g/mol. The smallest absolute Gasteiger partial charge is 0.394 e. The van der Waals surface area contributed by atoms with E-state index in [2.05, 4.69) is 25.7 Å². The van der Waals surface area contributed by atoms with Gasteiger partial charge >= 0.3 is 6.18 Å². The Labute approximate surface area is 168 Å². The Morgan fingerprint density at radius 1 is 1.13 bits per heavy atom. The number of carbonyl (C=O) groups is 1. The summed E-state index contributed by atoms with van der Waals surface area (Å²) in [7, 11) is 0. The van der Waals surface area contributed by atoms with E-state index in [-0.39, 0.29) is 18.2 Å². The van der Waals surface area contributed by atoms with Gasteiger partial charge in [0.1, 0.15) is 12.0 Å². The highest BCUT2D eigenvalue weighted by atomic mass is 19.4. The lowest BCUT2D eigenvalue weighted by molar-refractivity contribution is -0.137. The number of aliphatic hydroxyl groups excluding tert-OH is 2. The third-order valence-electron chi connectivity index (χ3n) is 3.91. The maximum atomic E-state index is 12.6. The molecule has 2 aromatic heterocycles. The van der Waals surface area contributed by atoms with E-state index in [1.54, 1.807) is 6.07 Å². The summed E-state index contributed by atoms with van der Waals surface area (Å²) in [6, 6.07) is 7.47. The minimum atomic E-state index is -4.41. The number of nitrogens with one attached hydrogen (secondary N) is 2. The van der Waals surface area contributed by atoms with Gasteiger partial charge in [-0.1, -0.05) is 0 Å². The first-order valence-corrected chi connectivity index (χ1v) is 8.66. The van der Waals surface area contributed by atoms with Gasteiger partial charge in [0.05, 0.1) is 35.8 Å². The number of pyridine rings is 1. The van der Waals surface area contributed by atoms with Gasteiger partial charge in [-0.05, 0) is 36.4 Å². The van der Waals surface area contributed by atoms with Gasteiger partial charge in [0.2, 0.25) is 5.95 Å². The maximum absolute atomic E-state index is 12.6. The molecule has 0 spiro atoms. The summed E-state index contributed by atoms with van der Waals surface area (Å²) in [6.07, 6.45) is -2.76. The van der Waals surface area contributed by atoms with Crippen LogP contribution in [0.25, 0.3) is 5.69 Å². The topological polar surface area (TPSA) is 125 Å². The summed E-state index contributed by atoms with van der Waals surface area (Å²) >= 11 is 0. The lowest BCUT2D eigenvalue weighted by Crippen LogP contribution is -2.34. The SMILES string of the molecule is O=C(NC[C@@H](O)CO)c1ccc(Nc2ncn(-c3ccc(C(F)(F)F)cc3)n2)cn1. The minimum Gasteiger partial charge on any atom is -0.394 e. The fourth-order valence-corrected chi connectivity index (χ4v) is 2.34. The second kappa shape index (κ2) is 8.88. The maximum Gasteiger partial charge on any atom is 0.416 e. The van der Waals surface area contributed by atoms with Crippen LogP contribution in [-0.4, -0.2) is 55.1 Å². The highest BCUT2D eigenvalue weighted by Crippen LogP contribution is 2.29. The van der Waals surface area contributed by atoms with Gasteiger partial charge in [0, 0.05) is 6.54 Å². The number of anilines is 2. The van der Waals surface area contributed by atoms with Crippen LogP contribution < -0.4 is 10.6 Å². The Morgan fingerprint density at radius 3 is 2.47 bits per heavy atom. The lowest BCUT2D eigenvalue weighted by Gasteiger charge is -2.09. The normalized spacial score (nSPS) is 12.4. The molecule has 12 heteroatoms. The number of hydrogen-bond acceptors (Lipinski definition) is 7. The van der Waals surface area contributed by atoms with Crippen LogP contribution in [0.4, 0.5) is 24.8 Å². The zero-order valence-corrected chi connectivity index (χ0v) is 15.3. The average Bonchev–Trinajstić information content (AvgIpc) is 3.20. The first kappa shape index (κ1) is 21.2. The summed E-state index contributed by atoms with van der Waals surface area (Å²) in [5.41, 5.74) is 0.227. The summed E-state index contributed by atoms with van der Waals surface area (Å²) in [6.45, 7) is -0.578. The van der Waals surface area contributed by atoms with E-state index in [1.807, 2.05) is 0 Å². The Kier molecular flexibility index (Phi) is 6.28. The molecular formula is C18H17F3N6O3. The molecule has 30 heavy (non-hydrogen) atoms. The largest absolute Gasteiger partial charge is 0.416 e. The van der Waals surface area contributed by atoms with Crippen molar-refractivity contribution in [3.05, 3.63) is 60.2 Å². The number of rotatable bonds is 7. The molecular weight excluding hydrogens is 405 g/mol. The molecule has 3 rings (SSSR count). The van der Waals surface area contributed by atoms with Gasteiger partial charge in [0.25, 0.3) is 5.91 Å². The Balaban J connectivity index is 1.62. The number of hydrogen-bond donors (Lipinski definition) is 4. The zero-order valence-electron chi connectivity index (χ0n) is 15.3. The van der Waals surface area contributed by atoms with Crippen molar-refractivity contribution < 1.29 is 28.2 Å². The summed E-state index contributed by atoms with van der Waals surface area (Å²) in [5, 5.41) is 27.4. The average molecular weight is 422 g/mol. The van der Waals surface area contributed by atoms with E-state index in [0.717, 1.165) is 12.1 Å². The third kappa shape index (κ3) is 5.30. The van der Waals surface area contributed by atoms with Crippen molar-refractivity contribution in [3.63, 3.8) is 0 Å². The second-order valence-electron chi connectivity index (χ2n) is 6.16. The Bertz CT molecular complexity index is 990. The molecule has 0 fully saturated rings. The second-order valence-corrected chi connectivity index (χ2v) is 6.16. The number of benzene rings is 1. The molecule has 0 radical (unpaired) electrons. The molecule has 0 saturated carbocycles. The minimum absolute atomic E-state index is 0.105. The van der Waals surface area contributed by atoms with E-state index >= 15 is 0 Å². The van der Waals surface area contributed by atoms with Crippen LogP contribution in [0, 0.1) is 0 Å². The number of alkyl halides is 3. The van der Waals surface area contributed by atoms with Gasteiger partial charge in [-0.3, -0.25) is 4.79 Å². The fraction of sp³-hybridized carbons (Fsp3) is 0.222. The fourth-order valence-electron chi connectivity index (χ4n) is 2.34. The molecule has 158 valence electrons. The molecule has 0 aliphatic carbocycles. The van der Waals surface area contributed by atoms with Gasteiger partial charge in [-0.25, -0.2) is 9.67 Å². The van der Waals surface area contributed by atoms with Crippen LogP contribution in [0.1, 0.15) is 16.1 Å². The van der Waals surface area contributed by atoms with Crippen LogP contribution in [0.2, 0.25) is 0 Å². The van der Waals surface area contributed by atoms with Crippen molar-refractivity contribution in [2.75, 3.05) is 18.5 Å². The van der Waals surface area contributed by atoms with Gasteiger partial charge in [0.15, 0.2) is 0 Å².